The predicted octanol–water partition coefficient (Wildman–Crippen LogP) is 6.34. The van der Waals surface area contributed by atoms with Crippen LogP contribution in [0.4, 0.5) is 5.69 Å². The number of hydrogen-bond donors (Lipinski definition) is 1. The van der Waals surface area contributed by atoms with Crippen molar-refractivity contribution in [2.24, 2.45) is 0 Å². The Bertz CT molecular complexity index is 1730. The SMILES string of the molecule is COC(=O)C1=C2Nc3ccccc3[C@@]23CCN([C@H](C)[C]2[CH][CH][CH][C]2P(=O)(c2ccccc2)c2ccccc2)[C@H]3[C@H](OC(C)=O)C1.[CH]1[CH][CH][CH][CH]1.[Fe+2]. The van der Waals surface area contributed by atoms with Gasteiger partial charge in [0.15, 0.2) is 7.14 Å². The van der Waals surface area contributed by atoms with Crippen molar-refractivity contribution in [1.82, 2.24) is 4.90 Å². The first-order chi connectivity index (χ1) is 24.3. The number of benzene rings is 3. The van der Waals surface area contributed by atoms with Crippen LogP contribution in [0.3, 0.4) is 0 Å². The molecular formula is C42H41FeN2O5P+2. The van der Waals surface area contributed by atoms with Gasteiger partial charge in [-0.15, -0.1) is 0 Å². The maximum atomic E-state index is 15.5. The number of methoxy groups -OCH3 is 1. The second kappa shape index (κ2) is 15.8. The third-order valence-electron chi connectivity index (χ3n) is 10.5. The van der Waals surface area contributed by atoms with Gasteiger partial charge in [0, 0.05) is 53.8 Å². The Kier molecular flexibility index (Phi) is 11.7. The number of fused-ring (bicyclic) bond motifs is 1. The van der Waals surface area contributed by atoms with Gasteiger partial charge in [-0.25, -0.2) is 4.79 Å². The van der Waals surface area contributed by atoms with Crippen molar-refractivity contribution in [3.05, 3.63) is 165 Å². The van der Waals surface area contributed by atoms with Gasteiger partial charge in [0.1, 0.15) is 6.10 Å². The van der Waals surface area contributed by atoms with Crippen LogP contribution in [0.15, 0.2) is 96.2 Å². The van der Waals surface area contributed by atoms with Crippen LogP contribution in [0.5, 0.6) is 0 Å². The number of ether oxygens (including phenoxy) is 2. The fourth-order valence-corrected chi connectivity index (χ4v) is 11.4. The van der Waals surface area contributed by atoms with E-state index in [4.69, 9.17) is 9.47 Å². The maximum absolute atomic E-state index is 15.5. The second-order valence-electron chi connectivity index (χ2n) is 13.1. The number of carbonyl (C=O) groups is 2. The molecule has 2 heterocycles. The average molecular weight is 741 g/mol. The summed E-state index contributed by atoms with van der Waals surface area (Å²) in [5.41, 5.74) is 3.58. The van der Waals surface area contributed by atoms with E-state index in [0.29, 0.717) is 18.5 Å². The Morgan fingerprint density at radius 2 is 1.45 bits per heavy atom. The van der Waals surface area contributed by atoms with Gasteiger partial charge in [-0.1, -0.05) is 78.9 Å². The Labute approximate surface area is 313 Å². The van der Waals surface area contributed by atoms with E-state index < -0.39 is 30.6 Å². The van der Waals surface area contributed by atoms with Gasteiger partial charge in [0.25, 0.3) is 0 Å². The van der Waals surface area contributed by atoms with Crippen molar-refractivity contribution in [1.29, 1.82) is 0 Å². The van der Waals surface area contributed by atoms with E-state index in [9.17, 15) is 9.59 Å². The molecule has 3 aromatic carbocycles. The zero-order valence-corrected chi connectivity index (χ0v) is 30.8. The molecule has 3 aliphatic carbocycles. The van der Waals surface area contributed by atoms with Crippen LogP contribution >= 0.6 is 7.14 Å². The number of likely N-dealkylation sites (tertiary alicyclic amines) is 1. The van der Waals surface area contributed by atoms with E-state index in [1.165, 1.54) is 14.0 Å². The summed E-state index contributed by atoms with van der Waals surface area (Å²) in [7, 11) is -1.85. The van der Waals surface area contributed by atoms with Crippen molar-refractivity contribution >= 4 is 35.4 Å². The summed E-state index contributed by atoms with van der Waals surface area (Å²) in [4.78, 5) is 28.2. The molecule has 51 heavy (non-hydrogen) atoms. The monoisotopic (exact) mass is 740 g/mol. The smallest absolute Gasteiger partial charge is 0.466 e. The van der Waals surface area contributed by atoms with Gasteiger partial charge in [0.05, 0.1) is 29.8 Å². The molecule has 7 nitrogen and oxygen atoms in total. The molecule has 5 aliphatic rings. The zero-order chi connectivity index (χ0) is 34.9. The third-order valence-corrected chi connectivity index (χ3v) is 13.6. The number of nitrogens with one attached hydrogen (secondary N) is 1. The van der Waals surface area contributed by atoms with Crippen LogP contribution in [-0.2, 0) is 46.1 Å². The Balaban J connectivity index is 0.000000689. The first-order valence-corrected chi connectivity index (χ1v) is 18.8. The topological polar surface area (TPSA) is 84.9 Å². The minimum Gasteiger partial charge on any atom is -0.466 e. The summed E-state index contributed by atoms with van der Waals surface area (Å²) in [6, 6.07) is 27.1. The van der Waals surface area contributed by atoms with Crippen molar-refractivity contribution < 1.29 is 40.7 Å². The van der Waals surface area contributed by atoms with Gasteiger partial charge < -0.3 is 19.4 Å². The maximum Gasteiger partial charge on any atom is 2.00 e. The first kappa shape index (κ1) is 37.6. The number of rotatable bonds is 7. The van der Waals surface area contributed by atoms with Gasteiger partial charge in [-0.3, -0.25) is 9.69 Å². The van der Waals surface area contributed by atoms with Crippen LogP contribution in [0.1, 0.15) is 32.3 Å². The van der Waals surface area contributed by atoms with Gasteiger partial charge in [0.2, 0.25) is 0 Å². The summed E-state index contributed by atoms with van der Waals surface area (Å²) in [6.45, 7) is 4.25. The second-order valence-corrected chi connectivity index (χ2v) is 15.8. The molecule has 9 heteroatoms. The van der Waals surface area contributed by atoms with E-state index in [1.54, 1.807) is 0 Å². The molecule has 260 valence electrons. The Hall–Kier alpha value is -3.15. The molecule has 2 aliphatic heterocycles. The van der Waals surface area contributed by atoms with Crippen LogP contribution in [0.25, 0.3) is 0 Å². The van der Waals surface area contributed by atoms with Crippen LogP contribution in [0, 0.1) is 62.9 Å². The summed E-state index contributed by atoms with van der Waals surface area (Å²) in [5, 5.41) is 5.14. The summed E-state index contributed by atoms with van der Waals surface area (Å²) in [5.74, 6) is 0.165. The summed E-state index contributed by atoms with van der Waals surface area (Å²) >= 11 is 0. The summed E-state index contributed by atoms with van der Waals surface area (Å²) in [6.07, 6.45) is 16.4. The van der Waals surface area contributed by atoms with Crippen molar-refractivity contribution in [2.45, 2.75) is 50.3 Å². The molecule has 0 amide bonds. The molecule has 1 N–H and O–H groups in total. The van der Waals surface area contributed by atoms with Crippen LogP contribution in [-0.4, -0.2) is 48.7 Å². The fraction of sp³-hybridized carbons (Fsp3) is 0.238. The molecule has 10 radical (unpaired) electrons. The van der Waals surface area contributed by atoms with Gasteiger partial charge in [-0.2, -0.15) is 0 Å². The summed E-state index contributed by atoms with van der Waals surface area (Å²) < 4.78 is 26.8. The van der Waals surface area contributed by atoms with E-state index in [-0.39, 0.29) is 35.6 Å². The van der Waals surface area contributed by atoms with Crippen LogP contribution in [0.2, 0.25) is 0 Å². The van der Waals surface area contributed by atoms with Crippen molar-refractivity contribution in [3.8, 4) is 0 Å². The minimum atomic E-state index is -3.23. The number of anilines is 1. The number of hydrogen-bond acceptors (Lipinski definition) is 7. The van der Waals surface area contributed by atoms with Crippen molar-refractivity contribution in [2.75, 3.05) is 19.0 Å². The number of esters is 2. The molecule has 0 unspecified atom stereocenters. The zero-order valence-electron chi connectivity index (χ0n) is 28.8. The van der Waals surface area contributed by atoms with E-state index >= 15 is 4.57 Å². The minimum absolute atomic E-state index is 0. The fourth-order valence-electron chi connectivity index (χ4n) is 8.42. The molecule has 8 rings (SSSR count). The normalized spacial score (nSPS) is 25.0. The third kappa shape index (κ3) is 6.67. The van der Waals surface area contributed by atoms with Gasteiger partial charge in [-0.05, 0) is 76.3 Å². The predicted molar refractivity (Wildman–Crippen MR) is 196 cm³/mol. The van der Waals surface area contributed by atoms with Gasteiger partial charge >= 0.3 is 29.0 Å². The largest absolute Gasteiger partial charge is 2.00 e. The Morgan fingerprint density at radius 1 is 0.863 bits per heavy atom. The molecule has 3 fully saturated rings. The quantitative estimate of drug-likeness (QED) is 0.172. The van der Waals surface area contributed by atoms with E-state index in [2.05, 4.69) is 29.6 Å². The molecule has 0 aromatic heterocycles. The molecule has 1 spiro atoms. The van der Waals surface area contributed by atoms with Crippen LogP contribution < -0.4 is 15.9 Å². The van der Waals surface area contributed by atoms with E-state index in [0.717, 1.165) is 39.1 Å². The van der Waals surface area contributed by atoms with E-state index in [1.807, 2.05) is 124 Å². The molecule has 2 saturated carbocycles. The molecule has 3 aromatic rings. The number of para-hydroxylation sites is 1. The molecule has 1 saturated heterocycles. The molecular weight excluding hydrogens is 699 g/mol. The standard InChI is InChI=1S/C37H36N2O5P.C5H5.Fe/c1-24(28-17-12-20-33(28)45(42,26-13-6-4-7-14-26)27-15-8-5-9-16-27)39-22-21-37-30-18-10-11-19-31(30)38-34(37)29(36(41)43-3)23-32(35(37)39)44-25(2)40;1-2-4-5-3-1;/h4-20,24,32,35,38H,21-23H2,1-3H3;1-5H;/q;;+2/t24-,32-,35+,37+;;/m1../s1. The molecule has 4 atom stereocenters. The van der Waals surface area contributed by atoms with Crippen molar-refractivity contribution in [3.63, 3.8) is 0 Å². The first-order valence-electron chi connectivity index (χ1n) is 17.1. The molecule has 0 bridgehead atoms. The Morgan fingerprint density at radius 3 is 2.04 bits per heavy atom. The number of nitrogens with zero attached hydrogens (tertiary/aromatic N) is 1. The average Bonchev–Trinajstić information content (AvgIpc) is 3.98. The number of carbonyl (C=O) groups excluding carboxylic acids is 2.